The fourth-order valence-electron chi connectivity index (χ4n) is 8.82. The molecule has 0 bridgehead atoms. The zero-order valence-corrected chi connectivity index (χ0v) is 29.7. The molecular formula is C40H44O8. The van der Waals surface area contributed by atoms with Gasteiger partial charge in [-0.2, -0.15) is 0 Å². The molecule has 3 aliphatic carbocycles. The summed E-state index contributed by atoms with van der Waals surface area (Å²) >= 11 is 0. The largest absolute Gasteiger partial charge is 0.493 e. The number of hydrogen-bond acceptors (Lipinski definition) is 8. The molecule has 3 aliphatic rings. The van der Waals surface area contributed by atoms with E-state index >= 15 is 0 Å². The Morgan fingerprint density at radius 2 is 0.542 bits per heavy atom. The standard InChI is InChI=1S/C40H44O8/c1-19-17-27-21(35(43-5)33(19)41-3)11-13-23-29(27)31-25(39(47-9)37(23)45-7)15-16-26-32(31)30-24(38(46-8)40(26)48-10)14-12-22-28(30)18-20(2)34(42-4)36(22)44-6/h17-18H,11-16H2,1-10H3. The maximum atomic E-state index is 6.25. The van der Waals surface area contributed by atoms with Gasteiger partial charge in [0, 0.05) is 33.4 Å². The number of aryl methyl sites for hydroxylation is 2. The van der Waals surface area contributed by atoms with E-state index in [2.05, 4.69) is 26.0 Å². The van der Waals surface area contributed by atoms with Crippen LogP contribution in [0.25, 0.3) is 33.4 Å². The molecule has 0 aromatic heterocycles. The molecule has 0 fully saturated rings. The van der Waals surface area contributed by atoms with Crippen LogP contribution in [0, 0.1) is 13.8 Å². The second kappa shape index (κ2) is 12.1. The molecule has 0 amide bonds. The van der Waals surface area contributed by atoms with Crippen molar-refractivity contribution in [1.29, 1.82) is 0 Å². The molecule has 4 aromatic rings. The van der Waals surface area contributed by atoms with E-state index in [9.17, 15) is 0 Å². The van der Waals surface area contributed by atoms with Gasteiger partial charge in [0.1, 0.15) is 0 Å². The number of rotatable bonds is 8. The number of methoxy groups -OCH3 is 8. The quantitative estimate of drug-likeness (QED) is 0.192. The van der Waals surface area contributed by atoms with Gasteiger partial charge < -0.3 is 37.9 Å². The van der Waals surface area contributed by atoms with Crippen molar-refractivity contribution < 1.29 is 37.9 Å². The lowest BCUT2D eigenvalue weighted by Crippen LogP contribution is -2.19. The summed E-state index contributed by atoms with van der Waals surface area (Å²) in [5, 5.41) is 0. The van der Waals surface area contributed by atoms with Crippen molar-refractivity contribution in [2.75, 3.05) is 56.9 Å². The van der Waals surface area contributed by atoms with Crippen molar-refractivity contribution in [3.63, 3.8) is 0 Å². The molecule has 7 rings (SSSR count). The Kier molecular flexibility index (Phi) is 8.01. The van der Waals surface area contributed by atoms with E-state index in [0.717, 1.165) is 162 Å². The van der Waals surface area contributed by atoms with Gasteiger partial charge in [-0.05, 0) is 109 Å². The summed E-state index contributed by atoms with van der Waals surface area (Å²) in [6, 6.07) is 4.49. The van der Waals surface area contributed by atoms with E-state index in [4.69, 9.17) is 37.9 Å². The molecule has 0 heterocycles. The van der Waals surface area contributed by atoms with Gasteiger partial charge >= 0.3 is 0 Å². The Balaban J connectivity index is 1.71. The minimum atomic E-state index is 0.743. The van der Waals surface area contributed by atoms with Gasteiger partial charge in [0.15, 0.2) is 46.0 Å². The SMILES string of the molecule is COc1c(C)cc2c(c1OC)CCc1c(OC)c(OC)c3c(c1-2)-c1c(c(OC)c(OC)c2c1-c1cc(C)c(OC)c(OC)c1CC2)CC3. The molecule has 0 unspecified atom stereocenters. The highest BCUT2D eigenvalue weighted by Crippen LogP contribution is 2.62. The molecule has 0 radical (unpaired) electrons. The number of ether oxygens (including phenoxy) is 8. The van der Waals surface area contributed by atoms with Crippen LogP contribution in [0.15, 0.2) is 12.1 Å². The Hall–Kier alpha value is -4.72. The molecule has 0 atom stereocenters. The average molecular weight is 653 g/mol. The molecule has 252 valence electrons. The summed E-state index contributed by atoms with van der Waals surface area (Å²) in [6.45, 7) is 4.15. The summed E-state index contributed by atoms with van der Waals surface area (Å²) in [6.07, 6.45) is 4.54. The third-order valence-corrected chi connectivity index (χ3v) is 10.6. The lowest BCUT2D eigenvalue weighted by molar-refractivity contribution is 0.343. The maximum Gasteiger partial charge on any atom is 0.164 e. The van der Waals surface area contributed by atoms with Crippen molar-refractivity contribution in [2.45, 2.75) is 52.4 Å². The van der Waals surface area contributed by atoms with Crippen LogP contribution in [-0.2, 0) is 38.5 Å². The van der Waals surface area contributed by atoms with Crippen LogP contribution >= 0.6 is 0 Å². The number of benzene rings is 4. The second-order valence-electron chi connectivity index (χ2n) is 12.6. The molecule has 0 aliphatic heterocycles. The van der Waals surface area contributed by atoms with Gasteiger partial charge in [-0.3, -0.25) is 0 Å². The van der Waals surface area contributed by atoms with Gasteiger partial charge in [-0.1, -0.05) is 0 Å². The lowest BCUT2D eigenvalue weighted by Gasteiger charge is -2.37. The monoisotopic (exact) mass is 652 g/mol. The van der Waals surface area contributed by atoms with Gasteiger partial charge in [0.25, 0.3) is 0 Å². The van der Waals surface area contributed by atoms with E-state index < -0.39 is 0 Å². The lowest BCUT2D eigenvalue weighted by atomic mass is 9.69. The van der Waals surface area contributed by atoms with Crippen LogP contribution < -0.4 is 37.9 Å². The first kappa shape index (κ1) is 31.9. The van der Waals surface area contributed by atoms with Crippen LogP contribution in [0.1, 0.15) is 44.5 Å². The molecule has 0 saturated carbocycles. The topological polar surface area (TPSA) is 73.8 Å². The van der Waals surface area contributed by atoms with Crippen molar-refractivity contribution in [2.24, 2.45) is 0 Å². The Morgan fingerprint density at radius 3 is 0.812 bits per heavy atom. The van der Waals surface area contributed by atoms with E-state index in [1.807, 2.05) is 0 Å². The minimum absolute atomic E-state index is 0.743. The van der Waals surface area contributed by atoms with Crippen molar-refractivity contribution in [1.82, 2.24) is 0 Å². The van der Waals surface area contributed by atoms with Crippen LogP contribution in [0.3, 0.4) is 0 Å². The minimum Gasteiger partial charge on any atom is -0.493 e. The molecule has 4 aromatic carbocycles. The predicted octanol–water partition coefficient (Wildman–Crippen LogP) is 7.67. The third-order valence-electron chi connectivity index (χ3n) is 10.6. The molecule has 0 spiro atoms. The Morgan fingerprint density at radius 1 is 0.312 bits per heavy atom. The van der Waals surface area contributed by atoms with Crippen molar-refractivity contribution in [3.8, 4) is 79.4 Å². The highest BCUT2D eigenvalue weighted by atomic mass is 16.5. The summed E-state index contributed by atoms with van der Waals surface area (Å²) < 4.78 is 48.8. The number of fused-ring (bicyclic) bond motifs is 11. The van der Waals surface area contributed by atoms with E-state index in [0.29, 0.717) is 0 Å². The van der Waals surface area contributed by atoms with E-state index in [1.165, 1.54) is 0 Å². The first-order valence-corrected chi connectivity index (χ1v) is 16.4. The smallest absolute Gasteiger partial charge is 0.164 e. The molecule has 8 nitrogen and oxygen atoms in total. The average Bonchev–Trinajstić information content (AvgIpc) is 3.11. The van der Waals surface area contributed by atoms with Crippen LogP contribution in [0.5, 0.6) is 46.0 Å². The van der Waals surface area contributed by atoms with Gasteiger partial charge in [-0.15, -0.1) is 0 Å². The Bertz CT molecular complexity index is 1850. The highest BCUT2D eigenvalue weighted by Gasteiger charge is 2.40. The van der Waals surface area contributed by atoms with Gasteiger partial charge in [0.05, 0.1) is 56.9 Å². The third kappa shape index (κ3) is 4.20. The normalized spacial score (nSPS) is 13.5. The zero-order chi connectivity index (χ0) is 34.0. The number of hydrogen-bond donors (Lipinski definition) is 0. The molecule has 48 heavy (non-hydrogen) atoms. The summed E-state index contributed by atoms with van der Waals surface area (Å²) in [5.74, 6) is 6.28. The van der Waals surface area contributed by atoms with Gasteiger partial charge in [0.2, 0.25) is 0 Å². The molecule has 0 saturated heterocycles. The van der Waals surface area contributed by atoms with E-state index in [-0.39, 0.29) is 0 Å². The predicted molar refractivity (Wildman–Crippen MR) is 187 cm³/mol. The van der Waals surface area contributed by atoms with Crippen LogP contribution in [0.4, 0.5) is 0 Å². The van der Waals surface area contributed by atoms with Gasteiger partial charge in [-0.25, -0.2) is 0 Å². The maximum absolute atomic E-state index is 6.25. The first-order valence-electron chi connectivity index (χ1n) is 16.4. The molecular weight excluding hydrogens is 608 g/mol. The zero-order valence-electron chi connectivity index (χ0n) is 29.7. The van der Waals surface area contributed by atoms with E-state index in [1.54, 1.807) is 56.9 Å². The highest BCUT2D eigenvalue weighted by molar-refractivity contribution is 6.04. The summed E-state index contributed by atoms with van der Waals surface area (Å²) in [7, 11) is 13.8. The van der Waals surface area contributed by atoms with Crippen molar-refractivity contribution in [3.05, 3.63) is 56.6 Å². The van der Waals surface area contributed by atoms with Crippen LogP contribution in [-0.4, -0.2) is 56.9 Å². The molecule has 0 N–H and O–H groups in total. The van der Waals surface area contributed by atoms with Crippen LogP contribution in [0.2, 0.25) is 0 Å². The van der Waals surface area contributed by atoms with Crippen molar-refractivity contribution >= 4 is 0 Å². The summed E-state index contributed by atoms with van der Waals surface area (Å²) in [4.78, 5) is 0. The summed E-state index contributed by atoms with van der Waals surface area (Å²) in [5.41, 5.74) is 15.6. The second-order valence-corrected chi connectivity index (χ2v) is 12.6. The fraction of sp³-hybridized carbons (Fsp3) is 0.400. The molecule has 8 heteroatoms. The first-order chi connectivity index (χ1) is 23.3. The Labute approximate surface area is 282 Å². The fourth-order valence-corrected chi connectivity index (χ4v) is 8.82.